The Morgan fingerprint density at radius 2 is 2.00 bits per heavy atom. The van der Waals surface area contributed by atoms with Crippen molar-refractivity contribution in [2.24, 2.45) is 5.92 Å². The number of aryl methyl sites for hydroxylation is 1. The third-order valence-electron chi connectivity index (χ3n) is 3.29. The summed E-state index contributed by atoms with van der Waals surface area (Å²) in [6.45, 7) is 2.82. The van der Waals surface area contributed by atoms with Gasteiger partial charge in [-0.25, -0.2) is 0 Å². The lowest BCUT2D eigenvalue weighted by molar-refractivity contribution is -0.122. The third kappa shape index (κ3) is 5.23. The molecule has 1 aliphatic rings. The van der Waals surface area contributed by atoms with Crippen LogP contribution in [0.25, 0.3) is 6.08 Å². The van der Waals surface area contributed by atoms with Crippen LogP contribution >= 0.6 is 11.6 Å². The van der Waals surface area contributed by atoms with Crippen molar-refractivity contribution < 1.29 is 9.59 Å². The predicted octanol–water partition coefficient (Wildman–Crippen LogP) is 2.30. The number of rotatable bonds is 6. The van der Waals surface area contributed by atoms with Gasteiger partial charge in [-0.2, -0.15) is 0 Å². The molecule has 1 aromatic carbocycles. The summed E-state index contributed by atoms with van der Waals surface area (Å²) in [5.41, 5.74) is 1.88. The first-order chi connectivity index (χ1) is 10.1. The second kappa shape index (κ2) is 7.27. The molecule has 112 valence electrons. The maximum atomic E-state index is 11.6. The van der Waals surface area contributed by atoms with Crippen LogP contribution in [0.5, 0.6) is 0 Å². The van der Waals surface area contributed by atoms with Crippen LogP contribution in [0.3, 0.4) is 0 Å². The molecular formula is C16H19ClN2O2. The summed E-state index contributed by atoms with van der Waals surface area (Å²) in [6, 6.07) is 5.63. The second-order valence-corrected chi connectivity index (χ2v) is 5.61. The standard InChI is InChI=1S/C16H19ClN2O2/c1-11-2-3-12(10-14(11)17)4-7-15(20)18-8-9-19-16(21)13-5-6-13/h2-4,7,10,13H,5-6,8-9H2,1H3,(H,18,20)(H,19,21). The van der Waals surface area contributed by atoms with E-state index in [0.29, 0.717) is 18.1 Å². The van der Waals surface area contributed by atoms with E-state index in [9.17, 15) is 9.59 Å². The van der Waals surface area contributed by atoms with E-state index in [2.05, 4.69) is 10.6 Å². The van der Waals surface area contributed by atoms with Crippen LogP contribution in [0.1, 0.15) is 24.0 Å². The highest BCUT2D eigenvalue weighted by Crippen LogP contribution is 2.28. The fraction of sp³-hybridized carbons (Fsp3) is 0.375. The van der Waals surface area contributed by atoms with Crippen molar-refractivity contribution in [3.8, 4) is 0 Å². The molecule has 0 spiro atoms. The average molecular weight is 307 g/mol. The maximum absolute atomic E-state index is 11.6. The van der Waals surface area contributed by atoms with Crippen molar-refractivity contribution in [2.45, 2.75) is 19.8 Å². The van der Waals surface area contributed by atoms with Gasteiger partial charge in [0.05, 0.1) is 0 Å². The lowest BCUT2D eigenvalue weighted by Gasteiger charge is -2.04. The van der Waals surface area contributed by atoms with Gasteiger partial charge >= 0.3 is 0 Å². The minimum atomic E-state index is -0.188. The number of benzene rings is 1. The summed E-state index contributed by atoms with van der Waals surface area (Å²) in [5, 5.41) is 6.19. The SMILES string of the molecule is Cc1ccc(C=CC(=O)NCCNC(=O)C2CC2)cc1Cl. The van der Waals surface area contributed by atoms with E-state index in [1.165, 1.54) is 6.08 Å². The number of carbonyl (C=O) groups is 2. The van der Waals surface area contributed by atoms with E-state index in [1.807, 2.05) is 25.1 Å². The normalized spacial score (nSPS) is 14.2. The van der Waals surface area contributed by atoms with E-state index >= 15 is 0 Å². The molecule has 0 aromatic heterocycles. The molecule has 4 nitrogen and oxygen atoms in total. The molecule has 0 unspecified atom stereocenters. The summed E-state index contributed by atoms with van der Waals surface area (Å²) in [4.78, 5) is 23.0. The van der Waals surface area contributed by atoms with Gasteiger partial charge in [0.1, 0.15) is 0 Å². The van der Waals surface area contributed by atoms with Gasteiger partial charge in [0.2, 0.25) is 11.8 Å². The molecule has 2 amide bonds. The first kappa shape index (κ1) is 15.6. The molecule has 0 bridgehead atoms. The maximum Gasteiger partial charge on any atom is 0.244 e. The highest BCUT2D eigenvalue weighted by atomic mass is 35.5. The Bertz CT molecular complexity index is 565. The number of hydrogen-bond donors (Lipinski definition) is 2. The molecule has 1 fully saturated rings. The van der Waals surface area contributed by atoms with Crippen LogP contribution in [0.4, 0.5) is 0 Å². The van der Waals surface area contributed by atoms with Gasteiger partial charge in [0, 0.05) is 30.1 Å². The summed E-state index contributed by atoms with van der Waals surface area (Å²) in [6.07, 6.45) is 5.15. The third-order valence-corrected chi connectivity index (χ3v) is 3.70. The zero-order chi connectivity index (χ0) is 15.2. The molecule has 1 saturated carbocycles. The highest BCUT2D eigenvalue weighted by molar-refractivity contribution is 6.31. The molecule has 0 radical (unpaired) electrons. The molecule has 0 heterocycles. The Morgan fingerprint density at radius 1 is 1.29 bits per heavy atom. The van der Waals surface area contributed by atoms with Crippen molar-refractivity contribution in [3.05, 3.63) is 40.4 Å². The van der Waals surface area contributed by atoms with Crippen LogP contribution in [-0.4, -0.2) is 24.9 Å². The van der Waals surface area contributed by atoms with Gasteiger partial charge < -0.3 is 10.6 Å². The van der Waals surface area contributed by atoms with Crippen molar-refractivity contribution in [3.63, 3.8) is 0 Å². The van der Waals surface area contributed by atoms with Crippen molar-refractivity contribution in [1.82, 2.24) is 10.6 Å². The number of carbonyl (C=O) groups excluding carboxylic acids is 2. The number of amides is 2. The largest absolute Gasteiger partial charge is 0.354 e. The summed E-state index contributed by atoms with van der Waals surface area (Å²) in [7, 11) is 0. The van der Waals surface area contributed by atoms with Crippen LogP contribution < -0.4 is 10.6 Å². The molecule has 21 heavy (non-hydrogen) atoms. The highest BCUT2D eigenvalue weighted by Gasteiger charge is 2.28. The fourth-order valence-corrected chi connectivity index (χ4v) is 1.99. The van der Waals surface area contributed by atoms with E-state index in [4.69, 9.17) is 11.6 Å². The Morgan fingerprint density at radius 3 is 2.67 bits per heavy atom. The number of halogens is 1. The van der Waals surface area contributed by atoms with Crippen molar-refractivity contribution in [2.75, 3.05) is 13.1 Å². The molecule has 0 saturated heterocycles. The fourth-order valence-electron chi connectivity index (χ4n) is 1.80. The Balaban J connectivity index is 1.69. The van der Waals surface area contributed by atoms with Gasteiger partial charge in [-0.05, 0) is 43.0 Å². The summed E-state index contributed by atoms with van der Waals surface area (Å²) < 4.78 is 0. The van der Waals surface area contributed by atoms with E-state index in [0.717, 1.165) is 24.0 Å². The summed E-state index contributed by atoms with van der Waals surface area (Å²) >= 11 is 6.02. The first-order valence-electron chi connectivity index (χ1n) is 7.06. The van der Waals surface area contributed by atoms with Crippen LogP contribution in [0.2, 0.25) is 5.02 Å². The van der Waals surface area contributed by atoms with Gasteiger partial charge in [-0.3, -0.25) is 9.59 Å². The second-order valence-electron chi connectivity index (χ2n) is 5.20. The quantitative estimate of drug-likeness (QED) is 0.626. The molecule has 1 aromatic rings. The number of hydrogen-bond acceptors (Lipinski definition) is 2. The Hall–Kier alpha value is -1.81. The minimum absolute atomic E-state index is 0.0917. The zero-order valence-corrected chi connectivity index (χ0v) is 12.7. The van der Waals surface area contributed by atoms with Crippen LogP contribution in [0.15, 0.2) is 24.3 Å². The lowest BCUT2D eigenvalue weighted by Crippen LogP contribution is -2.34. The molecule has 2 N–H and O–H groups in total. The minimum Gasteiger partial charge on any atom is -0.354 e. The Kier molecular flexibility index (Phi) is 5.39. The summed E-state index contributed by atoms with van der Waals surface area (Å²) in [5.74, 6) is 0.105. The monoisotopic (exact) mass is 306 g/mol. The van der Waals surface area contributed by atoms with Crippen molar-refractivity contribution in [1.29, 1.82) is 0 Å². The number of nitrogens with one attached hydrogen (secondary N) is 2. The van der Waals surface area contributed by atoms with E-state index in [-0.39, 0.29) is 17.7 Å². The smallest absolute Gasteiger partial charge is 0.244 e. The first-order valence-corrected chi connectivity index (χ1v) is 7.44. The van der Waals surface area contributed by atoms with Crippen LogP contribution in [-0.2, 0) is 9.59 Å². The molecular weight excluding hydrogens is 288 g/mol. The predicted molar refractivity (Wildman–Crippen MR) is 84.0 cm³/mol. The van der Waals surface area contributed by atoms with Crippen LogP contribution in [0, 0.1) is 12.8 Å². The zero-order valence-electron chi connectivity index (χ0n) is 12.0. The molecule has 0 aliphatic heterocycles. The molecule has 0 atom stereocenters. The molecule has 5 heteroatoms. The van der Waals surface area contributed by atoms with E-state index < -0.39 is 0 Å². The van der Waals surface area contributed by atoms with Gasteiger partial charge in [-0.15, -0.1) is 0 Å². The Labute approximate surface area is 129 Å². The molecule has 1 aliphatic carbocycles. The molecule has 2 rings (SSSR count). The lowest BCUT2D eigenvalue weighted by atomic mass is 10.1. The topological polar surface area (TPSA) is 58.2 Å². The van der Waals surface area contributed by atoms with Gasteiger partial charge in [0.25, 0.3) is 0 Å². The van der Waals surface area contributed by atoms with Crippen molar-refractivity contribution >= 4 is 29.5 Å². The average Bonchev–Trinajstić information content (AvgIpc) is 3.29. The van der Waals surface area contributed by atoms with E-state index in [1.54, 1.807) is 6.08 Å². The van der Waals surface area contributed by atoms with Gasteiger partial charge in [-0.1, -0.05) is 23.7 Å². The van der Waals surface area contributed by atoms with Gasteiger partial charge in [0.15, 0.2) is 0 Å².